The van der Waals surface area contributed by atoms with Gasteiger partial charge in [-0.2, -0.15) is 0 Å². The maximum Gasteiger partial charge on any atom is 0.255 e. The molecule has 3 rings (SSSR count). The van der Waals surface area contributed by atoms with Crippen LogP contribution in [0.3, 0.4) is 0 Å². The maximum atomic E-state index is 5.68. The van der Waals surface area contributed by atoms with Gasteiger partial charge in [0.1, 0.15) is 0 Å². The molecular weight excluding hydrogens is 558 g/mol. The highest BCUT2D eigenvalue weighted by atomic mass is 80.0. The molecule has 2 aromatic carbocycles. The second-order valence-corrected chi connectivity index (χ2v) is 12.9. The molecule has 0 aliphatic heterocycles. The Morgan fingerprint density at radius 1 is 0.913 bits per heavy atom. The van der Waals surface area contributed by atoms with Crippen LogP contribution in [0, 0.1) is 0 Å². The van der Waals surface area contributed by atoms with E-state index in [1.807, 2.05) is 30.3 Å². The van der Waals surface area contributed by atoms with Crippen molar-refractivity contribution < 1.29 is 4.42 Å². The van der Waals surface area contributed by atoms with Crippen LogP contribution in [0.5, 0.6) is 0 Å². The second kappa shape index (κ2) is 8.50. The fourth-order valence-corrected chi connectivity index (χ4v) is 2.34. The smallest absolute Gasteiger partial charge is 0.255 e. The van der Waals surface area contributed by atoms with E-state index in [0.717, 1.165) is 16.3 Å². The van der Waals surface area contributed by atoms with Crippen LogP contribution in [0.2, 0.25) is 0 Å². The van der Waals surface area contributed by atoms with E-state index >= 15 is 0 Å². The minimum absolute atomic E-state index is 0.412. The molecule has 1 aromatic heterocycles. The fourth-order valence-electron chi connectivity index (χ4n) is 1.86. The standard InChI is InChI=1S/C13H7Br3N2O.CHCl3/c14-13(15,16)12-18-17-11(19-12)10-7-3-5-8-4-1-2-6-9(8)10;2-1(3)4/h1-7H;1H. The van der Waals surface area contributed by atoms with Crippen molar-refractivity contribution in [2.45, 2.75) is 6.44 Å². The van der Waals surface area contributed by atoms with E-state index < -0.39 is 6.44 Å². The van der Waals surface area contributed by atoms with Crippen molar-refractivity contribution in [2.75, 3.05) is 0 Å². The first-order valence-corrected chi connectivity index (χ1v) is 9.79. The summed E-state index contributed by atoms with van der Waals surface area (Å²) in [6.45, 7) is 0. The summed E-state index contributed by atoms with van der Waals surface area (Å²) in [4.78, 5) is 0. The number of hydrogen-bond donors (Lipinski definition) is 0. The van der Waals surface area contributed by atoms with Crippen LogP contribution in [0.15, 0.2) is 46.9 Å². The lowest BCUT2D eigenvalue weighted by atomic mass is 10.0. The summed E-state index contributed by atoms with van der Waals surface area (Å²) in [5.74, 6) is 0.907. The molecule has 122 valence electrons. The van der Waals surface area contributed by atoms with Gasteiger partial charge < -0.3 is 4.42 Å². The van der Waals surface area contributed by atoms with Gasteiger partial charge in [-0.15, -0.1) is 10.2 Å². The monoisotopic (exact) mass is 562 g/mol. The van der Waals surface area contributed by atoms with E-state index in [9.17, 15) is 0 Å². The van der Waals surface area contributed by atoms with Gasteiger partial charge >= 0.3 is 0 Å². The third-order valence-electron chi connectivity index (χ3n) is 2.69. The van der Waals surface area contributed by atoms with E-state index in [1.165, 1.54) is 0 Å². The van der Waals surface area contributed by atoms with Gasteiger partial charge in [0.05, 0.1) is 0 Å². The van der Waals surface area contributed by atoms with Gasteiger partial charge in [-0.25, -0.2) is 0 Å². The van der Waals surface area contributed by atoms with Crippen LogP contribution >= 0.6 is 82.6 Å². The van der Waals surface area contributed by atoms with Gasteiger partial charge in [-0.1, -0.05) is 71.2 Å². The minimum Gasteiger partial charge on any atom is -0.417 e. The Labute approximate surface area is 173 Å². The fraction of sp³-hybridized carbons (Fsp3) is 0.143. The molecule has 1 heterocycles. The van der Waals surface area contributed by atoms with Crippen LogP contribution in [-0.2, 0) is 2.14 Å². The lowest BCUT2D eigenvalue weighted by molar-refractivity contribution is 0.524. The van der Waals surface area contributed by atoms with E-state index in [1.54, 1.807) is 0 Å². The van der Waals surface area contributed by atoms with Crippen LogP contribution in [0.1, 0.15) is 5.89 Å². The largest absolute Gasteiger partial charge is 0.417 e. The average Bonchev–Trinajstić information content (AvgIpc) is 2.96. The summed E-state index contributed by atoms with van der Waals surface area (Å²) >= 11 is 24.5. The van der Waals surface area contributed by atoms with Crippen molar-refractivity contribution in [2.24, 2.45) is 0 Å². The zero-order valence-electron chi connectivity index (χ0n) is 11.2. The Morgan fingerprint density at radius 3 is 2.13 bits per heavy atom. The molecule has 0 aliphatic carbocycles. The molecule has 0 N–H and O–H groups in total. The van der Waals surface area contributed by atoms with Crippen LogP contribution in [0.4, 0.5) is 0 Å². The van der Waals surface area contributed by atoms with Crippen molar-refractivity contribution in [1.29, 1.82) is 0 Å². The quantitative estimate of drug-likeness (QED) is 0.293. The molecule has 9 heteroatoms. The Bertz CT molecular complexity index is 782. The number of fused-ring (bicyclic) bond motifs is 1. The Kier molecular flexibility index (Phi) is 7.19. The van der Waals surface area contributed by atoms with Crippen molar-refractivity contribution in [3.63, 3.8) is 0 Å². The highest BCUT2D eigenvalue weighted by molar-refractivity contribution is 9.38. The number of rotatable bonds is 1. The molecular formula is C14H8Br3Cl3N2O. The number of aromatic nitrogens is 2. The summed E-state index contributed by atoms with van der Waals surface area (Å²) in [5, 5.41) is 10.3. The summed E-state index contributed by atoms with van der Waals surface area (Å²) in [6, 6.07) is 14.1. The van der Waals surface area contributed by atoms with Crippen molar-refractivity contribution in [3.8, 4) is 11.5 Å². The van der Waals surface area contributed by atoms with Crippen molar-refractivity contribution >= 4 is 93.4 Å². The summed E-state index contributed by atoms with van der Waals surface area (Å²) in [7, 11) is 0. The first kappa shape index (κ1) is 19.5. The molecule has 3 nitrogen and oxygen atoms in total. The third kappa shape index (κ3) is 5.58. The number of benzene rings is 2. The SMILES string of the molecule is BrC(Br)(Br)c1nnc(-c2cccc3ccccc23)o1.ClC(Cl)Cl. The zero-order valence-corrected chi connectivity index (χ0v) is 18.2. The number of hydrogen-bond acceptors (Lipinski definition) is 3. The molecule has 0 saturated carbocycles. The lowest BCUT2D eigenvalue weighted by Gasteiger charge is -2.05. The molecule has 23 heavy (non-hydrogen) atoms. The second-order valence-electron chi connectivity index (χ2n) is 4.18. The van der Waals surface area contributed by atoms with Crippen LogP contribution < -0.4 is 0 Å². The molecule has 0 radical (unpaired) electrons. The molecule has 0 unspecified atom stereocenters. The van der Waals surface area contributed by atoms with Gasteiger partial charge in [0.2, 0.25) is 8.03 Å². The Morgan fingerprint density at radius 2 is 1.52 bits per heavy atom. The first-order chi connectivity index (χ1) is 10.8. The molecule has 0 amide bonds. The highest BCUT2D eigenvalue weighted by Crippen LogP contribution is 2.44. The van der Waals surface area contributed by atoms with Gasteiger partial charge in [0.15, 0.2) is 4.30 Å². The summed E-state index contributed by atoms with van der Waals surface area (Å²) in [5.41, 5.74) is 0.925. The van der Waals surface area contributed by atoms with E-state index in [4.69, 9.17) is 39.2 Å². The van der Waals surface area contributed by atoms with E-state index in [0.29, 0.717) is 11.8 Å². The molecule has 0 spiro atoms. The third-order valence-corrected chi connectivity index (χ3v) is 3.71. The molecule has 3 aromatic rings. The predicted octanol–water partition coefficient (Wildman–Crippen LogP) is 7.17. The normalized spacial score (nSPS) is 11.4. The highest BCUT2D eigenvalue weighted by Gasteiger charge is 2.28. The molecule has 0 aliphatic rings. The number of halogens is 6. The summed E-state index contributed by atoms with van der Waals surface area (Å²) < 4.78 is 4.24. The average molecular weight is 566 g/mol. The van der Waals surface area contributed by atoms with Gasteiger partial charge in [0.25, 0.3) is 5.89 Å². The first-order valence-electron chi connectivity index (χ1n) is 6.10. The van der Waals surface area contributed by atoms with Gasteiger partial charge in [0, 0.05) is 5.56 Å². The molecule has 0 fully saturated rings. The van der Waals surface area contributed by atoms with E-state index in [-0.39, 0.29) is 0 Å². The number of alkyl halides is 6. The predicted molar refractivity (Wildman–Crippen MR) is 107 cm³/mol. The maximum absolute atomic E-state index is 5.68. The Balaban J connectivity index is 0.000000433. The van der Waals surface area contributed by atoms with E-state index in [2.05, 4.69) is 70.1 Å². The zero-order chi connectivity index (χ0) is 17.0. The van der Waals surface area contributed by atoms with Crippen molar-refractivity contribution in [1.82, 2.24) is 10.2 Å². The lowest BCUT2D eigenvalue weighted by Crippen LogP contribution is -1.97. The van der Waals surface area contributed by atoms with Gasteiger partial charge in [-0.3, -0.25) is 0 Å². The minimum atomic E-state index is -0.750. The molecule has 0 saturated heterocycles. The summed E-state index contributed by atoms with van der Waals surface area (Å²) in [6.07, 6.45) is 0. The molecule has 0 bridgehead atoms. The van der Waals surface area contributed by atoms with Gasteiger partial charge in [-0.05, 0) is 64.6 Å². The topological polar surface area (TPSA) is 38.9 Å². The molecule has 0 atom stereocenters. The van der Waals surface area contributed by atoms with Crippen molar-refractivity contribution in [3.05, 3.63) is 48.4 Å². The Hall–Kier alpha value is 0.150. The number of nitrogens with zero attached hydrogens (tertiary/aromatic N) is 2. The van der Waals surface area contributed by atoms with Crippen LogP contribution in [0.25, 0.3) is 22.2 Å². The van der Waals surface area contributed by atoms with Crippen LogP contribution in [-0.4, -0.2) is 14.5 Å².